The second kappa shape index (κ2) is 8.85. The van der Waals surface area contributed by atoms with Gasteiger partial charge in [-0.1, -0.05) is 18.2 Å². The molecule has 0 aromatic heterocycles. The zero-order chi connectivity index (χ0) is 19.9. The fourth-order valence-corrected chi connectivity index (χ4v) is 2.83. The summed E-state index contributed by atoms with van der Waals surface area (Å²) in [4.78, 5) is 18.0. The first-order valence-electron chi connectivity index (χ1n) is 9.39. The molecular formula is C25H20N4. The molecule has 0 atom stereocenters. The average molecular weight is 376 g/mol. The Balaban J connectivity index is 1.44. The lowest BCUT2D eigenvalue weighted by atomic mass is 10.1. The van der Waals surface area contributed by atoms with E-state index in [1.807, 2.05) is 103 Å². The van der Waals surface area contributed by atoms with E-state index < -0.39 is 0 Å². The van der Waals surface area contributed by atoms with Crippen LogP contribution in [0.3, 0.4) is 0 Å². The van der Waals surface area contributed by atoms with Gasteiger partial charge in [0.25, 0.3) is 0 Å². The molecule has 0 bridgehead atoms. The van der Waals surface area contributed by atoms with Gasteiger partial charge in [-0.15, -0.1) is 0 Å². The molecule has 0 unspecified atom stereocenters. The number of para-hydroxylation sites is 1. The third-order valence-corrected chi connectivity index (χ3v) is 4.34. The van der Waals surface area contributed by atoms with Crippen molar-refractivity contribution >= 4 is 39.9 Å². The van der Waals surface area contributed by atoms with Gasteiger partial charge in [0.2, 0.25) is 0 Å². The lowest BCUT2D eigenvalue weighted by Gasteiger charge is -2.04. The molecule has 140 valence electrons. The lowest BCUT2D eigenvalue weighted by molar-refractivity contribution is 1.45. The summed E-state index contributed by atoms with van der Waals surface area (Å²) in [5, 5.41) is 0. The molecule has 4 nitrogen and oxygen atoms in total. The van der Waals surface area contributed by atoms with Crippen LogP contribution in [0.2, 0.25) is 0 Å². The Labute approximate surface area is 170 Å². The molecule has 2 aliphatic carbocycles. The number of hydrogen-bond acceptors (Lipinski definition) is 4. The van der Waals surface area contributed by atoms with Crippen molar-refractivity contribution in [2.24, 2.45) is 20.0 Å². The van der Waals surface area contributed by atoms with Crippen LogP contribution in [0, 0.1) is 0 Å². The summed E-state index contributed by atoms with van der Waals surface area (Å²) in [6.07, 6.45) is 15.7. The first kappa shape index (κ1) is 18.4. The predicted octanol–water partition coefficient (Wildman–Crippen LogP) is 5.93. The van der Waals surface area contributed by atoms with Gasteiger partial charge in [-0.2, -0.15) is 0 Å². The minimum absolute atomic E-state index is 0.886. The summed E-state index contributed by atoms with van der Waals surface area (Å²) in [7, 11) is 1.78. The van der Waals surface area contributed by atoms with Crippen molar-refractivity contribution in [2.45, 2.75) is 0 Å². The van der Waals surface area contributed by atoms with Crippen LogP contribution in [0.15, 0.2) is 123 Å². The van der Waals surface area contributed by atoms with Gasteiger partial charge in [0.15, 0.2) is 0 Å². The minimum atomic E-state index is 0.886. The number of hydrogen-bond donors (Lipinski definition) is 0. The fourth-order valence-electron chi connectivity index (χ4n) is 2.83. The highest BCUT2D eigenvalue weighted by molar-refractivity contribution is 6.20. The number of benzene rings is 2. The maximum absolute atomic E-state index is 4.66. The molecule has 2 aromatic carbocycles. The maximum atomic E-state index is 4.66. The third-order valence-electron chi connectivity index (χ3n) is 4.34. The predicted molar refractivity (Wildman–Crippen MR) is 124 cm³/mol. The molecule has 0 N–H and O–H groups in total. The molecule has 0 fully saturated rings. The molecule has 4 heteroatoms. The Morgan fingerprint density at radius 2 is 0.759 bits per heavy atom. The van der Waals surface area contributed by atoms with Crippen molar-refractivity contribution in [3.05, 3.63) is 103 Å². The smallest absolute Gasteiger partial charge is 0.0638 e. The Kier molecular flexibility index (Phi) is 5.63. The summed E-state index contributed by atoms with van der Waals surface area (Å²) < 4.78 is 0. The lowest BCUT2D eigenvalue weighted by Crippen LogP contribution is -1.99. The molecule has 2 aromatic rings. The molecule has 29 heavy (non-hydrogen) atoms. The standard InChI is InChI=1S/C25H20N4/c1-26-19-7-9-21(10-8-19)28-23-15-17-25(18-16-23)29-24-13-11-22(12-14-24)27-20-5-3-2-4-6-20/h2-18H,1H3. The zero-order valence-electron chi connectivity index (χ0n) is 16.1. The summed E-state index contributed by atoms with van der Waals surface area (Å²) in [5.74, 6) is 0. The molecule has 0 heterocycles. The Morgan fingerprint density at radius 3 is 1.14 bits per heavy atom. The number of rotatable bonds is 3. The van der Waals surface area contributed by atoms with Crippen LogP contribution in [0.25, 0.3) is 0 Å². The maximum Gasteiger partial charge on any atom is 0.0638 e. The van der Waals surface area contributed by atoms with Crippen molar-refractivity contribution in [3.63, 3.8) is 0 Å². The van der Waals surface area contributed by atoms with Gasteiger partial charge in [-0.3, -0.25) is 4.99 Å². The average Bonchev–Trinajstić information content (AvgIpc) is 2.78. The molecule has 0 amide bonds. The van der Waals surface area contributed by atoms with Crippen LogP contribution in [0.5, 0.6) is 0 Å². The Morgan fingerprint density at radius 1 is 0.414 bits per heavy atom. The molecule has 0 saturated carbocycles. The van der Waals surface area contributed by atoms with E-state index >= 15 is 0 Å². The van der Waals surface area contributed by atoms with E-state index in [4.69, 9.17) is 0 Å². The quantitative estimate of drug-likeness (QED) is 0.597. The van der Waals surface area contributed by atoms with Crippen LogP contribution in [-0.4, -0.2) is 29.9 Å². The second-order valence-corrected chi connectivity index (χ2v) is 6.44. The van der Waals surface area contributed by atoms with E-state index in [9.17, 15) is 0 Å². The summed E-state index contributed by atoms with van der Waals surface area (Å²) in [5.41, 5.74) is 6.36. The zero-order valence-corrected chi connectivity index (χ0v) is 16.1. The number of nitrogens with zero attached hydrogens (tertiary/aromatic N) is 4. The van der Waals surface area contributed by atoms with Gasteiger partial charge in [0, 0.05) is 7.05 Å². The van der Waals surface area contributed by atoms with Gasteiger partial charge in [-0.25, -0.2) is 15.0 Å². The van der Waals surface area contributed by atoms with E-state index in [0.717, 1.165) is 39.9 Å². The first-order chi connectivity index (χ1) is 14.3. The highest BCUT2D eigenvalue weighted by Gasteiger charge is 2.02. The third kappa shape index (κ3) is 5.08. The van der Waals surface area contributed by atoms with Crippen molar-refractivity contribution in [1.29, 1.82) is 0 Å². The van der Waals surface area contributed by atoms with Crippen molar-refractivity contribution < 1.29 is 0 Å². The van der Waals surface area contributed by atoms with E-state index in [-0.39, 0.29) is 0 Å². The van der Waals surface area contributed by atoms with Gasteiger partial charge < -0.3 is 0 Å². The molecular weight excluding hydrogens is 356 g/mol. The first-order valence-corrected chi connectivity index (χ1v) is 9.39. The normalized spacial score (nSPS) is 14.9. The van der Waals surface area contributed by atoms with Crippen molar-refractivity contribution in [1.82, 2.24) is 0 Å². The number of aliphatic imine (C=N–C) groups is 4. The van der Waals surface area contributed by atoms with Gasteiger partial charge in [0.05, 0.1) is 39.9 Å². The largest absolute Gasteiger partial charge is 0.289 e. The SMILES string of the molecule is CN=C1C=CC(=Nc2ccc(N=C3C=CC(=Nc4ccccc4)C=C3)cc2)C=C1. The van der Waals surface area contributed by atoms with Gasteiger partial charge >= 0.3 is 0 Å². The van der Waals surface area contributed by atoms with Gasteiger partial charge in [0.1, 0.15) is 0 Å². The van der Waals surface area contributed by atoms with Crippen LogP contribution >= 0.6 is 0 Å². The highest BCUT2D eigenvalue weighted by Crippen LogP contribution is 2.21. The summed E-state index contributed by atoms with van der Waals surface area (Å²) in [6.45, 7) is 0. The van der Waals surface area contributed by atoms with Crippen LogP contribution in [0.1, 0.15) is 0 Å². The van der Waals surface area contributed by atoms with Gasteiger partial charge in [-0.05, 0) is 85.0 Å². The van der Waals surface area contributed by atoms with E-state index in [1.54, 1.807) is 7.05 Å². The summed E-state index contributed by atoms with van der Waals surface area (Å²) in [6, 6.07) is 17.8. The topological polar surface area (TPSA) is 49.4 Å². The summed E-state index contributed by atoms with van der Waals surface area (Å²) >= 11 is 0. The van der Waals surface area contributed by atoms with E-state index in [2.05, 4.69) is 20.0 Å². The molecule has 0 aliphatic heterocycles. The molecule has 4 rings (SSSR count). The Hall–Kier alpha value is -3.92. The minimum Gasteiger partial charge on any atom is -0.289 e. The molecule has 0 saturated heterocycles. The van der Waals surface area contributed by atoms with Crippen molar-refractivity contribution in [2.75, 3.05) is 7.05 Å². The highest BCUT2D eigenvalue weighted by atomic mass is 14.8. The van der Waals surface area contributed by atoms with E-state index in [0.29, 0.717) is 0 Å². The van der Waals surface area contributed by atoms with Crippen LogP contribution in [0.4, 0.5) is 17.1 Å². The fraction of sp³-hybridized carbons (Fsp3) is 0.0400. The monoisotopic (exact) mass is 376 g/mol. The van der Waals surface area contributed by atoms with E-state index in [1.165, 1.54) is 0 Å². The molecule has 0 spiro atoms. The van der Waals surface area contributed by atoms with Crippen LogP contribution < -0.4 is 0 Å². The second-order valence-electron chi connectivity index (χ2n) is 6.44. The number of allylic oxidation sites excluding steroid dienone is 8. The van der Waals surface area contributed by atoms with Crippen molar-refractivity contribution in [3.8, 4) is 0 Å². The Bertz CT molecular complexity index is 1090. The molecule has 0 radical (unpaired) electrons. The molecule has 2 aliphatic rings. The van der Waals surface area contributed by atoms with Crippen LogP contribution in [-0.2, 0) is 0 Å².